The van der Waals surface area contributed by atoms with E-state index in [1.54, 1.807) is 19.1 Å². The van der Waals surface area contributed by atoms with E-state index in [2.05, 4.69) is 25.7 Å². The highest BCUT2D eigenvalue weighted by molar-refractivity contribution is 6.32. The highest BCUT2D eigenvalue weighted by Gasteiger charge is 2.17. The van der Waals surface area contributed by atoms with Crippen molar-refractivity contribution in [3.63, 3.8) is 0 Å². The zero-order valence-electron chi connectivity index (χ0n) is 10.9. The fourth-order valence-electron chi connectivity index (χ4n) is 1.67. The van der Waals surface area contributed by atoms with E-state index in [1.807, 2.05) is 0 Å². The second-order valence-corrected chi connectivity index (χ2v) is 4.60. The molecule has 1 aromatic carbocycles. The maximum Gasteiger partial charge on any atom is 0.274 e. The Labute approximate surface area is 123 Å². The fraction of sp³-hybridized carbons (Fsp3) is 0.167. The van der Waals surface area contributed by atoms with Crippen LogP contribution < -0.4 is 20.5 Å². The molecule has 0 amide bonds. The summed E-state index contributed by atoms with van der Waals surface area (Å²) in [6.45, 7) is 1.71. The minimum absolute atomic E-state index is 0.147. The van der Waals surface area contributed by atoms with E-state index in [9.17, 15) is 4.79 Å². The topological polar surface area (TPSA) is 101 Å². The third-order valence-corrected chi connectivity index (χ3v) is 2.97. The minimum Gasteiger partial charge on any atom is -0.454 e. The van der Waals surface area contributed by atoms with Crippen LogP contribution in [0.2, 0.25) is 5.02 Å². The summed E-state index contributed by atoms with van der Waals surface area (Å²) < 4.78 is 10.5. The summed E-state index contributed by atoms with van der Waals surface area (Å²) >= 11 is 6.05. The van der Waals surface area contributed by atoms with Gasteiger partial charge in [0, 0.05) is 0 Å². The van der Waals surface area contributed by atoms with Crippen LogP contribution in [0.25, 0.3) is 0 Å². The van der Waals surface area contributed by atoms with Crippen molar-refractivity contribution in [3.8, 4) is 11.5 Å². The van der Waals surface area contributed by atoms with Crippen LogP contribution in [0.3, 0.4) is 0 Å². The number of aromatic amines is 1. The second kappa shape index (κ2) is 5.41. The van der Waals surface area contributed by atoms with Crippen molar-refractivity contribution in [2.45, 2.75) is 6.92 Å². The summed E-state index contributed by atoms with van der Waals surface area (Å²) in [5, 5.41) is 11.8. The van der Waals surface area contributed by atoms with Crippen LogP contribution in [0.4, 0.5) is 5.95 Å². The molecule has 0 saturated carbocycles. The van der Waals surface area contributed by atoms with Crippen molar-refractivity contribution in [1.29, 1.82) is 0 Å². The molecular weight excluding hydrogens is 298 g/mol. The molecule has 0 radical (unpaired) electrons. The number of halogens is 1. The van der Waals surface area contributed by atoms with E-state index in [1.165, 1.54) is 6.21 Å². The molecule has 1 aromatic heterocycles. The van der Waals surface area contributed by atoms with Gasteiger partial charge in [-0.05, 0) is 24.6 Å². The average molecular weight is 308 g/mol. The van der Waals surface area contributed by atoms with Gasteiger partial charge in [0.25, 0.3) is 5.56 Å². The van der Waals surface area contributed by atoms with Gasteiger partial charge in [0.1, 0.15) is 5.69 Å². The second-order valence-electron chi connectivity index (χ2n) is 4.19. The Morgan fingerprint density at radius 3 is 3.10 bits per heavy atom. The number of nitrogens with one attached hydrogen (secondary N) is 2. The lowest BCUT2D eigenvalue weighted by Gasteiger charge is -2.01. The van der Waals surface area contributed by atoms with Crippen LogP contribution in [0.1, 0.15) is 11.3 Å². The molecule has 1 aliphatic heterocycles. The number of hydrogen-bond acceptors (Lipinski definition) is 7. The first-order valence-electron chi connectivity index (χ1n) is 5.95. The SMILES string of the molecule is Cc1nnc(N/N=C\c2cc(Cl)c3c(c2)OCO3)[nH]c1=O. The summed E-state index contributed by atoms with van der Waals surface area (Å²) in [6.07, 6.45) is 1.51. The number of hydrazone groups is 1. The van der Waals surface area contributed by atoms with E-state index in [4.69, 9.17) is 21.1 Å². The first kappa shape index (κ1) is 13.4. The van der Waals surface area contributed by atoms with Gasteiger partial charge in [-0.25, -0.2) is 5.43 Å². The highest BCUT2D eigenvalue weighted by atomic mass is 35.5. The summed E-state index contributed by atoms with van der Waals surface area (Å²) in [4.78, 5) is 13.8. The van der Waals surface area contributed by atoms with Crippen molar-refractivity contribution in [2.24, 2.45) is 5.10 Å². The van der Waals surface area contributed by atoms with Crippen LogP contribution in [0.15, 0.2) is 22.0 Å². The van der Waals surface area contributed by atoms with Gasteiger partial charge in [0.05, 0.1) is 11.2 Å². The Morgan fingerprint density at radius 1 is 1.43 bits per heavy atom. The Kier molecular flexibility index (Phi) is 3.44. The molecule has 0 spiro atoms. The molecule has 2 N–H and O–H groups in total. The molecule has 9 heteroatoms. The Hall–Kier alpha value is -2.61. The third kappa shape index (κ3) is 2.79. The van der Waals surface area contributed by atoms with Gasteiger partial charge in [0.15, 0.2) is 11.5 Å². The van der Waals surface area contributed by atoms with Crippen molar-refractivity contribution >= 4 is 23.8 Å². The number of H-pyrrole nitrogens is 1. The van der Waals surface area contributed by atoms with Gasteiger partial charge in [0.2, 0.25) is 12.7 Å². The molecule has 8 nitrogen and oxygen atoms in total. The van der Waals surface area contributed by atoms with Crippen LogP contribution in [0, 0.1) is 6.92 Å². The predicted octanol–water partition coefficient (Wildman–Crippen LogP) is 1.30. The number of hydrogen-bond donors (Lipinski definition) is 2. The molecule has 0 atom stereocenters. The summed E-state index contributed by atoms with van der Waals surface area (Å²) in [7, 11) is 0. The number of aryl methyl sites for hydroxylation is 1. The minimum atomic E-state index is -0.325. The van der Waals surface area contributed by atoms with Crippen molar-refractivity contribution < 1.29 is 9.47 Å². The normalized spacial score (nSPS) is 12.9. The van der Waals surface area contributed by atoms with E-state index < -0.39 is 0 Å². The Morgan fingerprint density at radius 2 is 2.29 bits per heavy atom. The fourth-order valence-corrected chi connectivity index (χ4v) is 1.95. The molecule has 0 aliphatic carbocycles. The molecule has 0 fully saturated rings. The van der Waals surface area contributed by atoms with E-state index in [-0.39, 0.29) is 24.0 Å². The summed E-state index contributed by atoms with van der Waals surface area (Å²) in [5.41, 5.74) is 3.24. The highest BCUT2D eigenvalue weighted by Crippen LogP contribution is 2.39. The smallest absolute Gasteiger partial charge is 0.274 e. The van der Waals surface area contributed by atoms with E-state index in [0.717, 1.165) is 0 Å². The monoisotopic (exact) mass is 307 g/mol. The molecule has 0 saturated heterocycles. The van der Waals surface area contributed by atoms with Gasteiger partial charge in [-0.15, -0.1) is 10.2 Å². The standard InChI is InChI=1S/C12H10ClN5O3/c1-6-11(19)15-12(18-16-6)17-14-4-7-2-8(13)10-9(3-7)20-5-21-10/h2-4H,5H2,1H3,(H2,15,17,18,19)/b14-4-. The van der Waals surface area contributed by atoms with Crippen molar-refractivity contribution in [3.05, 3.63) is 38.8 Å². The van der Waals surface area contributed by atoms with Gasteiger partial charge < -0.3 is 9.47 Å². The van der Waals surface area contributed by atoms with E-state index >= 15 is 0 Å². The molecular formula is C12H10ClN5O3. The molecule has 21 heavy (non-hydrogen) atoms. The average Bonchev–Trinajstić information content (AvgIpc) is 2.92. The van der Waals surface area contributed by atoms with Crippen molar-refractivity contribution in [2.75, 3.05) is 12.2 Å². The Balaban J connectivity index is 1.76. The zero-order chi connectivity index (χ0) is 14.8. The van der Waals surface area contributed by atoms with Gasteiger partial charge in [-0.2, -0.15) is 5.10 Å². The lowest BCUT2D eigenvalue weighted by Crippen LogP contribution is -2.15. The number of ether oxygens (including phenoxy) is 2. The first-order valence-corrected chi connectivity index (χ1v) is 6.33. The molecule has 3 rings (SSSR count). The van der Waals surface area contributed by atoms with Crippen LogP contribution >= 0.6 is 11.6 Å². The maximum atomic E-state index is 11.3. The molecule has 2 aromatic rings. The Bertz CT molecular complexity index is 774. The van der Waals surface area contributed by atoms with E-state index in [0.29, 0.717) is 22.1 Å². The number of aromatic nitrogens is 3. The molecule has 0 unspecified atom stereocenters. The number of rotatable bonds is 3. The molecule has 0 bridgehead atoms. The number of fused-ring (bicyclic) bond motifs is 1. The molecule has 1 aliphatic rings. The van der Waals surface area contributed by atoms with Crippen LogP contribution in [-0.4, -0.2) is 28.2 Å². The van der Waals surface area contributed by atoms with Crippen LogP contribution in [0.5, 0.6) is 11.5 Å². The van der Waals surface area contributed by atoms with Gasteiger partial charge in [-0.3, -0.25) is 9.78 Å². The molecule has 2 heterocycles. The lowest BCUT2D eigenvalue weighted by atomic mass is 10.2. The first-order chi connectivity index (χ1) is 10.1. The van der Waals surface area contributed by atoms with Gasteiger partial charge >= 0.3 is 0 Å². The third-order valence-electron chi connectivity index (χ3n) is 2.69. The maximum absolute atomic E-state index is 11.3. The van der Waals surface area contributed by atoms with Crippen molar-refractivity contribution in [1.82, 2.24) is 15.2 Å². The number of nitrogens with zero attached hydrogens (tertiary/aromatic N) is 3. The largest absolute Gasteiger partial charge is 0.454 e. The quantitative estimate of drug-likeness (QED) is 0.654. The van der Waals surface area contributed by atoms with Gasteiger partial charge in [-0.1, -0.05) is 11.6 Å². The lowest BCUT2D eigenvalue weighted by molar-refractivity contribution is 0.174. The number of anilines is 1. The zero-order valence-corrected chi connectivity index (χ0v) is 11.6. The summed E-state index contributed by atoms with van der Waals surface area (Å²) in [6, 6.07) is 3.42. The van der Waals surface area contributed by atoms with Crippen LogP contribution in [-0.2, 0) is 0 Å². The summed E-state index contributed by atoms with van der Waals surface area (Å²) in [5.74, 6) is 1.23. The molecule has 108 valence electrons. The predicted molar refractivity (Wildman–Crippen MR) is 76.2 cm³/mol. The number of benzene rings is 1.